The number of nitrogens with one attached hydrogen (secondary N) is 2. The highest BCUT2D eigenvalue weighted by molar-refractivity contribution is 6.31. The van der Waals surface area contributed by atoms with Crippen LogP contribution in [0, 0.1) is 17.5 Å². The maximum absolute atomic E-state index is 13.7. The molecule has 4 nitrogen and oxygen atoms in total. The molecule has 0 aliphatic carbocycles. The number of anilines is 2. The monoisotopic (exact) mass is 391 g/mol. The van der Waals surface area contributed by atoms with Crippen molar-refractivity contribution in [1.29, 1.82) is 0 Å². The maximum atomic E-state index is 13.7. The first kappa shape index (κ1) is 18.7. The lowest BCUT2D eigenvalue weighted by atomic mass is 10.2. The van der Waals surface area contributed by atoms with Gasteiger partial charge in [0.1, 0.15) is 0 Å². The highest BCUT2D eigenvalue weighted by Crippen LogP contribution is 2.21. The Morgan fingerprint density at radius 3 is 2.59 bits per heavy atom. The molecule has 0 saturated carbocycles. The Morgan fingerprint density at radius 2 is 1.81 bits per heavy atom. The second-order valence-electron chi connectivity index (χ2n) is 5.58. The number of nitrogens with zero attached hydrogens (tertiary/aromatic N) is 1. The van der Waals surface area contributed by atoms with Crippen molar-refractivity contribution < 1.29 is 18.0 Å². The zero-order valence-corrected chi connectivity index (χ0v) is 14.5. The van der Waals surface area contributed by atoms with Crippen LogP contribution in [0.4, 0.5) is 24.5 Å². The summed E-state index contributed by atoms with van der Waals surface area (Å²) in [4.78, 5) is 16.2. The fraction of sp³-hybridized carbons (Fsp3) is 0.0526. The summed E-state index contributed by atoms with van der Waals surface area (Å²) in [6.45, 7) is 0.407. The minimum atomic E-state index is -1.65. The average Bonchev–Trinajstić information content (AvgIpc) is 2.68. The highest BCUT2D eigenvalue weighted by Gasteiger charge is 2.16. The SMILES string of the molecule is O=C(Nc1ccc(F)c(F)c1F)c1cncc(NCc2ccccc2Cl)c1. The molecule has 2 aromatic carbocycles. The van der Waals surface area contributed by atoms with Crippen LogP contribution >= 0.6 is 11.6 Å². The number of hydrogen-bond acceptors (Lipinski definition) is 3. The molecule has 0 fully saturated rings. The molecule has 138 valence electrons. The summed E-state index contributed by atoms with van der Waals surface area (Å²) in [5.74, 6) is -5.17. The summed E-state index contributed by atoms with van der Waals surface area (Å²) in [7, 11) is 0. The van der Waals surface area contributed by atoms with E-state index in [1.165, 1.54) is 18.5 Å². The molecule has 0 bridgehead atoms. The third kappa shape index (κ3) is 4.38. The number of benzene rings is 2. The Bertz CT molecular complexity index is 998. The van der Waals surface area contributed by atoms with Gasteiger partial charge in [0, 0.05) is 24.0 Å². The van der Waals surface area contributed by atoms with Crippen LogP contribution in [0.3, 0.4) is 0 Å². The van der Waals surface area contributed by atoms with Crippen molar-refractivity contribution in [2.45, 2.75) is 6.54 Å². The standard InChI is InChI=1S/C19H13ClF3N3O/c20-14-4-2-1-3-11(14)9-25-13-7-12(8-24-10-13)19(27)26-16-6-5-15(21)17(22)18(16)23/h1-8,10,25H,9H2,(H,26,27). The van der Waals surface area contributed by atoms with Gasteiger partial charge in [-0.25, -0.2) is 13.2 Å². The van der Waals surface area contributed by atoms with Gasteiger partial charge in [-0.3, -0.25) is 9.78 Å². The number of amides is 1. The van der Waals surface area contributed by atoms with Gasteiger partial charge < -0.3 is 10.6 Å². The van der Waals surface area contributed by atoms with E-state index in [9.17, 15) is 18.0 Å². The molecule has 0 aliphatic rings. The van der Waals surface area contributed by atoms with Crippen LogP contribution < -0.4 is 10.6 Å². The molecule has 0 atom stereocenters. The quantitative estimate of drug-likeness (QED) is 0.601. The third-order valence-electron chi connectivity index (χ3n) is 3.72. The molecule has 1 amide bonds. The first-order chi connectivity index (χ1) is 13.0. The minimum Gasteiger partial charge on any atom is -0.380 e. The number of hydrogen-bond donors (Lipinski definition) is 2. The summed E-state index contributed by atoms with van der Waals surface area (Å²) in [6.07, 6.45) is 2.78. The average molecular weight is 392 g/mol. The summed E-state index contributed by atoms with van der Waals surface area (Å²) < 4.78 is 39.9. The summed E-state index contributed by atoms with van der Waals surface area (Å²) >= 11 is 6.09. The van der Waals surface area contributed by atoms with Crippen molar-refractivity contribution in [3.63, 3.8) is 0 Å². The predicted molar refractivity (Wildman–Crippen MR) is 97.3 cm³/mol. The molecule has 0 unspecified atom stereocenters. The first-order valence-corrected chi connectivity index (χ1v) is 8.20. The van der Waals surface area contributed by atoms with Crippen LogP contribution in [0.2, 0.25) is 5.02 Å². The molecule has 0 spiro atoms. The second kappa shape index (κ2) is 8.09. The number of rotatable bonds is 5. The molecule has 1 heterocycles. The Hall–Kier alpha value is -3.06. The lowest BCUT2D eigenvalue weighted by Crippen LogP contribution is -2.14. The van der Waals surface area contributed by atoms with Gasteiger partial charge in [-0.1, -0.05) is 29.8 Å². The van der Waals surface area contributed by atoms with Gasteiger partial charge in [-0.05, 0) is 29.8 Å². The molecule has 0 saturated heterocycles. The van der Waals surface area contributed by atoms with Crippen molar-refractivity contribution >= 4 is 28.9 Å². The fourth-order valence-corrected chi connectivity index (χ4v) is 2.52. The molecule has 3 aromatic rings. The largest absolute Gasteiger partial charge is 0.380 e. The molecule has 8 heteroatoms. The molecule has 1 aromatic heterocycles. The number of carbonyl (C=O) groups is 1. The summed E-state index contributed by atoms with van der Waals surface area (Å²) in [5, 5.41) is 5.87. The van der Waals surface area contributed by atoms with E-state index >= 15 is 0 Å². The van der Waals surface area contributed by atoms with Gasteiger partial charge in [-0.2, -0.15) is 0 Å². The van der Waals surface area contributed by atoms with E-state index in [0.717, 1.165) is 17.7 Å². The summed E-state index contributed by atoms with van der Waals surface area (Å²) in [6, 6.07) is 10.4. The minimum absolute atomic E-state index is 0.114. The third-order valence-corrected chi connectivity index (χ3v) is 4.09. The number of halogens is 4. The number of aromatic nitrogens is 1. The Labute approximate surface area is 158 Å². The zero-order valence-electron chi connectivity index (χ0n) is 13.8. The maximum Gasteiger partial charge on any atom is 0.257 e. The van der Waals surface area contributed by atoms with Crippen LogP contribution in [-0.2, 0) is 6.54 Å². The Kier molecular flexibility index (Phi) is 5.61. The fourth-order valence-electron chi connectivity index (χ4n) is 2.32. The molecular formula is C19H13ClF3N3O. The van der Waals surface area contributed by atoms with E-state index < -0.39 is 29.0 Å². The van der Waals surface area contributed by atoms with Crippen molar-refractivity contribution in [3.8, 4) is 0 Å². The van der Waals surface area contributed by atoms with Gasteiger partial charge >= 0.3 is 0 Å². The van der Waals surface area contributed by atoms with Crippen LogP contribution in [0.15, 0.2) is 54.9 Å². The predicted octanol–water partition coefficient (Wildman–Crippen LogP) is 5.02. The highest BCUT2D eigenvalue weighted by atomic mass is 35.5. The van der Waals surface area contributed by atoms with E-state index in [4.69, 9.17) is 11.6 Å². The van der Waals surface area contributed by atoms with E-state index in [0.29, 0.717) is 17.3 Å². The van der Waals surface area contributed by atoms with Crippen LogP contribution in [0.1, 0.15) is 15.9 Å². The van der Waals surface area contributed by atoms with Crippen molar-refractivity contribution in [2.75, 3.05) is 10.6 Å². The van der Waals surface area contributed by atoms with Crippen molar-refractivity contribution in [3.05, 3.63) is 88.5 Å². The molecule has 0 aliphatic heterocycles. The number of pyridine rings is 1. The van der Waals surface area contributed by atoms with Crippen molar-refractivity contribution in [1.82, 2.24) is 4.98 Å². The van der Waals surface area contributed by atoms with E-state index in [-0.39, 0.29) is 5.56 Å². The van der Waals surface area contributed by atoms with Gasteiger partial charge in [-0.15, -0.1) is 0 Å². The van der Waals surface area contributed by atoms with Gasteiger partial charge in [0.05, 0.1) is 16.9 Å². The normalized spacial score (nSPS) is 10.5. The van der Waals surface area contributed by atoms with E-state index in [2.05, 4.69) is 15.6 Å². The Balaban J connectivity index is 1.72. The molecule has 3 rings (SSSR count). The van der Waals surface area contributed by atoms with Gasteiger partial charge in [0.15, 0.2) is 17.5 Å². The Morgan fingerprint density at radius 1 is 1.04 bits per heavy atom. The molecule has 0 radical (unpaired) electrons. The first-order valence-electron chi connectivity index (χ1n) is 7.83. The van der Waals surface area contributed by atoms with E-state index in [1.54, 1.807) is 6.07 Å². The molecular weight excluding hydrogens is 379 g/mol. The lowest BCUT2D eigenvalue weighted by molar-refractivity contribution is 0.102. The second-order valence-corrected chi connectivity index (χ2v) is 5.99. The topological polar surface area (TPSA) is 54.0 Å². The number of carbonyl (C=O) groups excluding carboxylic acids is 1. The molecule has 2 N–H and O–H groups in total. The van der Waals surface area contributed by atoms with Crippen molar-refractivity contribution in [2.24, 2.45) is 0 Å². The van der Waals surface area contributed by atoms with Gasteiger partial charge in [0.25, 0.3) is 5.91 Å². The zero-order chi connectivity index (χ0) is 19.4. The van der Waals surface area contributed by atoms with Crippen LogP contribution in [0.5, 0.6) is 0 Å². The smallest absolute Gasteiger partial charge is 0.257 e. The summed E-state index contributed by atoms with van der Waals surface area (Å²) in [5.41, 5.74) is 1.04. The van der Waals surface area contributed by atoms with Crippen LogP contribution in [0.25, 0.3) is 0 Å². The lowest BCUT2D eigenvalue weighted by Gasteiger charge is -2.10. The van der Waals surface area contributed by atoms with Gasteiger partial charge in [0.2, 0.25) is 0 Å². The van der Waals surface area contributed by atoms with Crippen LogP contribution in [-0.4, -0.2) is 10.9 Å². The van der Waals surface area contributed by atoms with E-state index in [1.807, 2.05) is 18.2 Å². The molecule has 27 heavy (non-hydrogen) atoms.